The maximum absolute atomic E-state index is 13.3. The Morgan fingerprint density at radius 1 is 1.00 bits per heavy atom. The van der Waals surface area contributed by atoms with Gasteiger partial charge in [-0.15, -0.1) is 0 Å². The molecule has 0 amide bonds. The first-order valence-corrected chi connectivity index (χ1v) is 12.5. The standard InChI is InChI=1S/C24H34F3N7O/c1-2-18(19-10-7-13-28-19)31-23-33-21(29-15-8-5-3-4-6-9-15)32-22(34-23)30-16-11-12-20(35)17(14-16)24(25,26)27/h11-12,14-15,18-19,28,35H,2-10,13H2,1H3,(H3,29,30,31,32,33,34). The van der Waals surface area contributed by atoms with Crippen molar-refractivity contribution in [2.75, 3.05) is 22.5 Å². The van der Waals surface area contributed by atoms with Crippen molar-refractivity contribution >= 4 is 23.5 Å². The Kier molecular flexibility index (Phi) is 8.15. The molecule has 1 aromatic carbocycles. The van der Waals surface area contributed by atoms with Crippen LogP contribution in [-0.4, -0.2) is 44.7 Å². The van der Waals surface area contributed by atoms with E-state index < -0.39 is 17.5 Å². The number of anilines is 4. The number of nitrogens with zero attached hydrogens (tertiary/aromatic N) is 3. The molecule has 4 rings (SSSR count). The van der Waals surface area contributed by atoms with Crippen molar-refractivity contribution in [3.05, 3.63) is 23.8 Å². The van der Waals surface area contributed by atoms with E-state index in [4.69, 9.17) is 0 Å². The predicted octanol–water partition coefficient (Wildman–Crippen LogP) is 5.42. The quantitative estimate of drug-likeness (QED) is 0.245. The van der Waals surface area contributed by atoms with Crippen LogP contribution >= 0.6 is 0 Å². The molecule has 2 aliphatic rings. The molecular weight excluding hydrogens is 459 g/mol. The van der Waals surface area contributed by atoms with Crippen molar-refractivity contribution in [3.63, 3.8) is 0 Å². The molecule has 1 aliphatic carbocycles. The number of benzene rings is 1. The third-order valence-electron chi connectivity index (χ3n) is 6.72. The van der Waals surface area contributed by atoms with Crippen LogP contribution in [0.5, 0.6) is 5.75 Å². The number of hydrogen-bond donors (Lipinski definition) is 5. The Bertz CT molecular complexity index is 974. The molecule has 2 fully saturated rings. The molecule has 35 heavy (non-hydrogen) atoms. The molecule has 5 N–H and O–H groups in total. The molecule has 2 heterocycles. The van der Waals surface area contributed by atoms with Crippen LogP contribution in [-0.2, 0) is 6.18 Å². The van der Waals surface area contributed by atoms with Gasteiger partial charge in [0.1, 0.15) is 5.75 Å². The summed E-state index contributed by atoms with van der Waals surface area (Å²) in [4.78, 5) is 13.5. The van der Waals surface area contributed by atoms with Crippen LogP contribution in [0.3, 0.4) is 0 Å². The van der Waals surface area contributed by atoms with E-state index in [1.165, 1.54) is 18.9 Å². The third-order valence-corrected chi connectivity index (χ3v) is 6.72. The fourth-order valence-corrected chi connectivity index (χ4v) is 4.85. The molecule has 0 radical (unpaired) electrons. The minimum atomic E-state index is -4.68. The molecular formula is C24H34F3N7O. The number of nitrogens with one attached hydrogen (secondary N) is 4. The van der Waals surface area contributed by atoms with Gasteiger partial charge in [0.2, 0.25) is 17.8 Å². The third kappa shape index (κ3) is 6.87. The van der Waals surface area contributed by atoms with Gasteiger partial charge in [0, 0.05) is 23.8 Å². The Morgan fingerprint density at radius 2 is 1.71 bits per heavy atom. The van der Waals surface area contributed by atoms with Crippen molar-refractivity contribution in [2.24, 2.45) is 0 Å². The number of alkyl halides is 3. The lowest BCUT2D eigenvalue weighted by Crippen LogP contribution is -2.40. The van der Waals surface area contributed by atoms with Crippen molar-refractivity contribution < 1.29 is 18.3 Å². The molecule has 2 aromatic rings. The summed E-state index contributed by atoms with van der Waals surface area (Å²) in [6.45, 7) is 3.07. The van der Waals surface area contributed by atoms with Gasteiger partial charge in [-0.25, -0.2) is 0 Å². The molecule has 1 aliphatic heterocycles. The van der Waals surface area contributed by atoms with Gasteiger partial charge in [0.25, 0.3) is 0 Å². The Labute approximate surface area is 203 Å². The molecule has 0 spiro atoms. The fraction of sp³-hybridized carbons (Fsp3) is 0.625. The normalized spacial score (nSPS) is 20.3. The van der Waals surface area contributed by atoms with E-state index in [2.05, 4.69) is 43.1 Å². The van der Waals surface area contributed by atoms with Gasteiger partial charge < -0.3 is 26.4 Å². The molecule has 1 aromatic heterocycles. The lowest BCUT2D eigenvalue weighted by molar-refractivity contribution is -0.138. The molecule has 8 nitrogen and oxygen atoms in total. The predicted molar refractivity (Wildman–Crippen MR) is 130 cm³/mol. The summed E-state index contributed by atoms with van der Waals surface area (Å²) in [5.41, 5.74) is -0.998. The lowest BCUT2D eigenvalue weighted by atomic mass is 10.0. The molecule has 0 bridgehead atoms. The summed E-state index contributed by atoms with van der Waals surface area (Å²) >= 11 is 0. The number of halogens is 3. The van der Waals surface area contributed by atoms with Gasteiger partial charge in [-0.1, -0.05) is 32.6 Å². The van der Waals surface area contributed by atoms with Gasteiger partial charge in [-0.2, -0.15) is 28.1 Å². The number of phenolic OH excluding ortho intramolecular Hbond substituents is 1. The Balaban J connectivity index is 1.60. The van der Waals surface area contributed by atoms with Gasteiger partial charge in [0.05, 0.1) is 5.56 Å². The summed E-state index contributed by atoms with van der Waals surface area (Å²) in [7, 11) is 0. The molecule has 1 saturated heterocycles. The zero-order valence-electron chi connectivity index (χ0n) is 20.0. The van der Waals surface area contributed by atoms with Crippen molar-refractivity contribution in [3.8, 4) is 5.75 Å². The second kappa shape index (κ2) is 11.3. The fourth-order valence-electron chi connectivity index (χ4n) is 4.85. The molecule has 192 valence electrons. The van der Waals surface area contributed by atoms with Gasteiger partial charge >= 0.3 is 6.18 Å². The van der Waals surface area contributed by atoms with Crippen LogP contribution in [0.15, 0.2) is 18.2 Å². The number of aromatic hydroxyl groups is 1. The van der Waals surface area contributed by atoms with E-state index >= 15 is 0 Å². The SMILES string of the molecule is CCC(Nc1nc(Nc2ccc(O)c(C(F)(F)F)c2)nc(NC2CCCCCC2)n1)C1CCCN1. The minimum absolute atomic E-state index is 0.115. The molecule has 2 unspecified atom stereocenters. The largest absolute Gasteiger partial charge is 0.507 e. The number of rotatable bonds is 8. The van der Waals surface area contributed by atoms with E-state index in [1.54, 1.807) is 0 Å². The first kappa shape index (κ1) is 25.3. The highest BCUT2D eigenvalue weighted by Gasteiger charge is 2.34. The van der Waals surface area contributed by atoms with E-state index in [9.17, 15) is 18.3 Å². The van der Waals surface area contributed by atoms with Gasteiger partial charge in [0.15, 0.2) is 0 Å². The Hall–Kier alpha value is -2.82. The molecule has 1 saturated carbocycles. The minimum Gasteiger partial charge on any atom is -0.507 e. The average molecular weight is 494 g/mol. The van der Waals surface area contributed by atoms with E-state index in [-0.39, 0.29) is 23.7 Å². The van der Waals surface area contributed by atoms with Crippen molar-refractivity contribution in [2.45, 2.75) is 89.0 Å². The van der Waals surface area contributed by atoms with Crippen LogP contribution < -0.4 is 21.3 Å². The maximum Gasteiger partial charge on any atom is 0.420 e. The zero-order valence-corrected chi connectivity index (χ0v) is 20.0. The first-order chi connectivity index (χ1) is 16.8. The average Bonchev–Trinajstić information content (AvgIpc) is 3.23. The van der Waals surface area contributed by atoms with E-state index in [0.717, 1.165) is 63.6 Å². The second-order valence-electron chi connectivity index (χ2n) is 9.36. The van der Waals surface area contributed by atoms with Crippen molar-refractivity contribution in [1.29, 1.82) is 0 Å². The highest BCUT2D eigenvalue weighted by molar-refractivity contribution is 5.59. The van der Waals surface area contributed by atoms with Crippen LogP contribution in [0.2, 0.25) is 0 Å². The Morgan fingerprint density at radius 3 is 2.37 bits per heavy atom. The molecule has 11 heteroatoms. The smallest absolute Gasteiger partial charge is 0.420 e. The highest BCUT2D eigenvalue weighted by atomic mass is 19.4. The lowest BCUT2D eigenvalue weighted by Gasteiger charge is -2.24. The van der Waals surface area contributed by atoms with Crippen LogP contribution in [0, 0.1) is 0 Å². The summed E-state index contributed by atoms with van der Waals surface area (Å²) in [6, 6.07) is 3.88. The van der Waals surface area contributed by atoms with E-state index in [0.29, 0.717) is 17.9 Å². The first-order valence-electron chi connectivity index (χ1n) is 12.5. The highest BCUT2D eigenvalue weighted by Crippen LogP contribution is 2.37. The van der Waals surface area contributed by atoms with Crippen molar-refractivity contribution in [1.82, 2.24) is 20.3 Å². The summed E-state index contributed by atoms with van der Waals surface area (Å²) in [5.74, 6) is 0.0632. The maximum atomic E-state index is 13.3. The molecule has 2 atom stereocenters. The second-order valence-corrected chi connectivity index (χ2v) is 9.36. The van der Waals surface area contributed by atoms with Crippen LogP contribution in [0.25, 0.3) is 0 Å². The zero-order chi connectivity index (χ0) is 24.8. The number of phenols is 1. The number of hydrogen-bond acceptors (Lipinski definition) is 8. The topological polar surface area (TPSA) is 107 Å². The van der Waals surface area contributed by atoms with Gasteiger partial charge in [-0.05, 0) is 56.8 Å². The summed E-state index contributed by atoms with van der Waals surface area (Å²) in [6.07, 6.45) is 5.10. The van der Waals surface area contributed by atoms with Crippen LogP contribution in [0.4, 0.5) is 36.7 Å². The van der Waals surface area contributed by atoms with E-state index in [1.807, 2.05) is 0 Å². The summed E-state index contributed by atoms with van der Waals surface area (Å²) in [5, 5.41) is 22.8. The summed E-state index contributed by atoms with van der Waals surface area (Å²) < 4.78 is 39.8. The van der Waals surface area contributed by atoms with Crippen LogP contribution in [0.1, 0.15) is 70.3 Å². The number of aromatic nitrogens is 3. The van der Waals surface area contributed by atoms with Gasteiger partial charge in [-0.3, -0.25) is 0 Å². The monoisotopic (exact) mass is 493 g/mol.